The Hall–Kier alpha value is -17.3. The summed E-state index contributed by atoms with van der Waals surface area (Å²) in [5.41, 5.74) is -15.9. The summed E-state index contributed by atoms with van der Waals surface area (Å²) in [5.74, 6) is -58.2. The fraction of sp³-hybridized carbons (Fsp3) is 0.160. The van der Waals surface area contributed by atoms with Crippen LogP contribution in [0, 0.1) is 0 Å². The minimum absolute atomic E-state index is 0.126. The minimum Gasteiger partial charge on any atom is -0.504 e. The summed E-state index contributed by atoms with van der Waals surface area (Å²) < 4.78 is 67.6. The highest BCUT2D eigenvalue weighted by atomic mass is 16.8. The van der Waals surface area contributed by atoms with E-state index in [1.807, 2.05) is 0 Å². The topological polar surface area (TPSA) is 811 Å². The third-order valence-electron chi connectivity index (χ3n) is 18.9. The number of benzene rings is 9. The van der Waals surface area contributed by atoms with E-state index in [4.69, 9.17) is 56.8 Å². The van der Waals surface area contributed by atoms with Gasteiger partial charge < -0.3 is 195 Å². The third-order valence-corrected chi connectivity index (χ3v) is 18.9. The van der Waals surface area contributed by atoms with Crippen LogP contribution in [-0.2, 0) is 52.1 Å². The number of aromatic hydroxyl groups is 26. The molecule has 0 unspecified atom stereocenters. The quantitative estimate of drug-likeness (QED) is 0.0475. The smallest absolute Gasteiger partial charge is 0.342 e. The zero-order chi connectivity index (χ0) is 89.7. The first-order valence-corrected chi connectivity index (χ1v) is 34.1. The average Bonchev–Trinajstić information content (AvgIpc) is 1.66. The van der Waals surface area contributed by atoms with Gasteiger partial charge in [-0.2, -0.15) is 0 Å². The van der Waals surface area contributed by atoms with E-state index in [-0.39, 0.29) is 18.2 Å². The van der Waals surface area contributed by atoms with Gasteiger partial charge in [0.15, 0.2) is 163 Å². The summed E-state index contributed by atoms with van der Waals surface area (Å²) in [5, 5.41) is 293. The van der Waals surface area contributed by atoms with E-state index < -0.39 is 362 Å². The largest absolute Gasteiger partial charge is 0.504 e. The standard InChI is InChI=1S/C75H54O48/c76-25-1-16(2-26(77)44(25)88)65(102)119-61-59-38(14-112-69(106)20-9-33(84)48(92)53(97)40(20)41-21(71(108)117-59)10-34(85)49(93)54(41)98)115-74(111)63(61)121-73(110)24-12-36(87)51(95)57(101)58(24)114-37-13-23-43(56(100)52(37)96)42-22(11-35(86)50(94)55(42)99)72(109)118-60-39(15-113-70(23)107)116-75(123-68(105)19-7-31(82)47(91)32(83)8-19)64(122-67(104)18-5-29(80)46(90)30(81)6-18)62(60)120-66(103)17-3-27(78)45(89)28(79)4-17/h1-13,38-39,59-64,74-101,111H,14-15H2/t38-,39-,59-,60-,61+,62+,63-,64-,74-,75+/m1/s1. The first kappa shape index (κ1) is 83.6. The van der Waals surface area contributed by atoms with Crippen molar-refractivity contribution in [2.75, 3.05) is 13.2 Å². The van der Waals surface area contributed by atoms with E-state index in [2.05, 4.69) is 0 Å². The number of aliphatic hydroxyl groups excluding tert-OH is 1. The van der Waals surface area contributed by atoms with Gasteiger partial charge in [-0.15, -0.1) is 0 Å². The van der Waals surface area contributed by atoms with Gasteiger partial charge in [0, 0.05) is 34.4 Å². The Morgan fingerprint density at radius 1 is 0.285 bits per heavy atom. The van der Waals surface area contributed by atoms with Crippen LogP contribution < -0.4 is 4.74 Å². The van der Waals surface area contributed by atoms with Gasteiger partial charge in [0.1, 0.15) is 31.0 Å². The number of fused-ring (bicyclic) bond motifs is 8. The highest BCUT2D eigenvalue weighted by Gasteiger charge is 2.57. The molecule has 48 nitrogen and oxygen atoms in total. The van der Waals surface area contributed by atoms with Gasteiger partial charge in [-0.25, -0.2) is 43.2 Å². The zero-order valence-electron chi connectivity index (χ0n) is 60.3. The summed E-state index contributed by atoms with van der Waals surface area (Å²) in [6.07, 6.45) is -27.3. The summed E-state index contributed by atoms with van der Waals surface area (Å²) in [4.78, 5) is 132. The lowest BCUT2D eigenvalue weighted by molar-refractivity contribution is -0.284. The van der Waals surface area contributed by atoms with E-state index in [9.17, 15) is 167 Å². The summed E-state index contributed by atoms with van der Waals surface area (Å²) in [6, 6.07) is 4.63. The number of carbonyl (C=O) groups excluding carboxylic acids is 9. The maximum Gasteiger partial charge on any atom is 0.342 e. The second kappa shape index (κ2) is 31.3. The van der Waals surface area contributed by atoms with Gasteiger partial charge in [-0.1, -0.05) is 0 Å². The fourth-order valence-corrected chi connectivity index (χ4v) is 12.9. The summed E-state index contributed by atoms with van der Waals surface area (Å²) >= 11 is 0. The lowest BCUT2D eigenvalue weighted by atomic mass is 9.91. The minimum atomic E-state index is -2.92. The Morgan fingerprint density at radius 3 is 0.943 bits per heavy atom. The number of aliphatic hydroxyl groups is 1. The predicted octanol–water partition coefficient (Wildman–Crippen LogP) is 2.75. The maximum absolute atomic E-state index is 15.2. The SMILES string of the molecule is O=C(O[C@@H]1O[C@@H]2COC(=O)c3cc(Oc4c(C(=O)O[C@@H]5[C@@H](OC(=O)c6cc(O)c(O)c(O)c6)[C@@H]6OC(=O)c7cc(O)c(O)c(O)c7-c7c(cc(O)c(O)c7O)C(=O)OC[C@H]6O[C@H]5O)cc(O)c(O)c4O)c(O)c(O)c3-c3c(cc(O)c(O)c3O)C(=O)O[C@H]2[C@H](OC(=O)c2cc(O)c(O)c(O)c2)[C@H]1OC(=O)c1cc(O)c(O)c(O)c1)c1cc(O)c(O)c(O)c1. The molecule has 0 aliphatic carbocycles. The van der Waals surface area contributed by atoms with Crippen molar-refractivity contribution in [2.45, 2.75) is 61.4 Å². The lowest BCUT2D eigenvalue weighted by Gasteiger charge is -2.43. The van der Waals surface area contributed by atoms with Crippen LogP contribution in [0.5, 0.6) is 161 Å². The van der Waals surface area contributed by atoms with Crippen LogP contribution in [0.3, 0.4) is 0 Å². The van der Waals surface area contributed by atoms with Gasteiger partial charge in [0.25, 0.3) is 0 Å². The average molecular weight is 1720 g/mol. The Labute approximate surface area is 676 Å². The van der Waals surface area contributed by atoms with Gasteiger partial charge in [-0.3, -0.25) is 0 Å². The number of hydrogen-bond acceptors (Lipinski definition) is 48. The summed E-state index contributed by atoms with van der Waals surface area (Å²) in [6.45, 7) is -3.02. The lowest BCUT2D eigenvalue weighted by Crippen LogP contribution is -2.63. The van der Waals surface area contributed by atoms with Crippen LogP contribution in [0.25, 0.3) is 22.3 Å². The number of carbonyl (C=O) groups is 9. The van der Waals surface area contributed by atoms with E-state index in [1.54, 1.807) is 0 Å². The van der Waals surface area contributed by atoms with Crippen molar-refractivity contribution >= 4 is 53.7 Å². The first-order chi connectivity index (χ1) is 57.9. The van der Waals surface area contributed by atoms with Gasteiger partial charge in [0.05, 0.1) is 44.5 Å². The molecule has 0 amide bonds. The number of hydrogen-bond donors (Lipinski definition) is 27. The summed E-state index contributed by atoms with van der Waals surface area (Å²) in [7, 11) is 0. The van der Waals surface area contributed by atoms with E-state index in [0.29, 0.717) is 60.7 Å². The van der Waals surface area contributed by atoms with Crippen molar-refractivity contribution in [3.05, 3.63) is 129 Å². The molecule has 2 fully saturated rings. The molecule has 642 valence electrons. The second-order valence-electron chi connectivity index (χ2n) is 26.5. The van der Waals surface area contributed by atoms with E-state index >= 15 is 14.4 Å². The van der Waals surface area contributed by atoms with Crippen molar-refractivity contribution < 1.29 is 238 Å². The molecule has 10 atom stereocenters. The molecule has 4 heterocycles. The highest BCUT2D eigenvalue weighted by molar-refractivity contribution is 6.10. The van der Waals surface area contributed by atoms with Crippen molar-refractivity contribution in [2.24, 2.45) is 0 Å². The number of phenols is 26. The van der Waals surface area contributed by atoms with Crippen LogP contribution in [0.2, 0.25) is 0 Å². The van der Waals surface area contributed by atoms with Gasteiger partial charge in [0.2, 0.25) is 46.9 Å². The normalized spacial score (nSPS) is 19.8. The highest BCUT2D eigenvalue weighted by Crippen LogP contribution is 2.58. The van der Waals surface area contributed by atoms with Crippen molar-refractivity contribution in [3.8, 4) is 183 Å². The molecule has 0 saturated carbocycles. The molecule has 9 aromatic rings. The van der Waals surface area contributed by atoms with Crippen molar-refractivity contribution in [3.63, 3.8) is 0 Å². The monoisotopic (exact) mass is 1720 g/mol. The Balaban J connectivity index is 0.918. The van der Waals surface area contributed by atoms with Gasteiger partial charge >= 0.3 is 53.7 Å². The maximum atomic E-state index is 15.2. The van der Waals surface area contributed by atoms with Crippen molar-refractivity contribution in [1.82, 2.24) is 0 Å². The number of cyclic esters (lactones) is 2. The number of ether oxygens (including phenoxy) is 12. The molecular weight excluding hydrogens is 1670 g/mol. The Kier molecular flexibility index (Phi) is 21.3. The van der Waals surface area contributed by atoms with E-state index in [1.165, 1.54) is 0 Å². The molecule has 13 rings (SSSR count). The fourth-order valence-electron chi connectivity index (χ4n) is 12.9. The molecule has 4 aliphatic heterocycles. The predicted molar refractivity (Wildman–Crippen MR) is 380 cm³/mol. The number of rotatable bonds is 12. The Bertz CT molecular complexity index is 5970. The van der Waals surface area contributed by atoms with Crippen LogP contribution in [0.1, 0.15) is 93.2 Å². The molecule has 9 aromatic carbocycles. The van der Waals surface area contributed by atoms with Crippen molar-refractivity contribution in [1.29, 1.82) is 0 Å². The Morgan fingerprint density at radius 2 is 0.569 bits per heavy atom. The van der Waals surface area contributed by atoms with Crippen LogP contribution in [0.15, 0.2) is 78.9 Å². The second-order valence-corrected chi connectivity index (χ2v) is 26.5. The first-order valence-electron chi connectivity index (χ1n) is 34.1. The molecule has 48 heteroatoms. The molecule has 27 N–H and O–H groups in total. The molecule has 0 bridgehead atoms. The van der Waals surface area contributed by atoms with Gasteiger partial charge in [-0.05, 0) is 66.7 Å². The molecule has 2 saturated heterocycles. The molecule has 4 aliphatic rings. The number of phenolic OH excluding ortho intramolecular Hbond substituents is 26. The molecule has 0 spiro atoms. The molecule has 0 radical (unpaired) electrons. The molecule has 123 heavy (non-hydrogen) atoms. The van der Waals surface area contributed by atoms with Crippen LogP contribution in [-0.4, -0.2) is 266 Å². The third kappa shape index (κ3) is 14.8. The van der Waals surface area contributed by atoms with E-state index in [0.717, 1.165) is 0 Å². The molecular formula is C75H54O48. The zero-order valence-corrected chi connectivity index (χ0v) is 60.3. The van der Waals surface area contributed by atoms with Crippen LogP contribution >= 0.6 is 0 Å². The number of esters is 9. The molecule has 0 aromatic heterocycles. The van der Waals surface area contributed by atoms with Crippen LogP contribution in [0.4, 0.5) is 0 Å².